The van der Waals surface area contributed by atoms with Crippen molar-refractivity contribution in [2.24, 2.45) is 5.73 Å². The zero-order chi connectivity index (χ0) is 16.2. The molecule has 1 aromatic carbocycles. The zero-order valence-electron chi connectivity index (χ0n) is 13.8. The summed E-state index contributed by atoms with van der Waals surface area (Å²) in [5.41, 5.74) is 8.11. The molecule has 2 aromatic rings. The largest absolute Gasteiger partial charge is 0.324 e. The van der Waals surface area contributed by atoms with E-state index in [1.807, 2.05) is 23.6 Å². The lowest BCUT2D eigenvalue weighted by Gasteiger charge is -2.32. The van der Waals surface area contributed by atoms with E-state index in [4.69, 9.17) is 10.7 Å². The average molecular weight is 413 g/mol. The minimum atomic E-state index is -0.145. The Bertz CT molecular complexity index is 840. The van der Waals surface area contributed by atoms with E-state index in [0.29, 0.717) is 5.39 Å². The van der Waals surface area contributed by atoms with Crippen molar-refractivity contribution in [3.05, 3.63) is 38.3 Å². The van der Waals surface area contributed by atoms with Crippen LogP contribution in [0.15, 0.2) is 21.4 Å². The van der Waals surface area contributed by atoms with Crippen molar-refractivity contribution in [1.82, 2.24) is 9.55 Å². The summed E-state index contributed by atoms with van der Waals surface area (Å²) in [6.07, 6.45) is 7.17. The molecule has 6 heteroatoms. The van der Waals surface area contributed by atoms with Crippen molar-refractivity contribution >= 4 is 39.2 Å². The molecule has 1 unspecified atom stereocenters. The van der Waals surface area contributed by atoms with E-state index in [1.165, 1.54) is 19.3 Å². The Morgan fingerprint density at radius 1 is 1.25 bits per heavy atom. The second-order valence-corrected chi connectivity index (χ2v) is 8.08. The first-order chi connectivity index (χ1) is 11.0. The van der Waals surface area contributed by atoms with Gasteiger partial charge in [0.25, 0.3) is 5.56 Å². The van der Waals surface area contributed by atoms with E-state index < -0.39 is 0 Å². The summed E-state index contributed by atoms with van der Waals surface area (Å²) in [5, 5.41) is 0.684. The highest BCUT2D eigenvalue weighted by Gasteiger charge is 2.42. The summed E-state index contributed by atoms with van der Waals surface area (Å²) in [7, 11) is 0. The SMILES string of the molecule is CC(N)c1cc(Br)cc2c(=O)n3c(nc12)C1(CCCCC1)CC3.Cl. The van der Waals surface area contributed by atoms with E-state index in [9.17, 15) is 4.79 Å². The van der Waals surface area contributed by atoms with Gasteiger partial charge in [-0.05, 0) is 43.9 Å². The minimum absolute atomic E-state index is 0. The van der Waals surface area contributed by atoms with Crippen molar-refractivity contribution in [3.8, 4) is 0 Å². The van der Waals surface area contributed by atoms with Crippen molar-refractivity contribution in [2.45, 2.75) is 63.5 Å². The van der Waals surface area contributed by atoms with Crippen LogP contribution in [-0.2, 0) is 12.0 Å². The van der Waals surface area contributed by atoms with Gasteiger partial charge < -0.3 is 5.73 Å². The van der Waals surface area contributed by atoms with Gasteiger partial charge in [0.2, 0.25) is 0 Å². The van der Waals surface area contributed by atoms with Crippen LogP contribution in [0.1, 0.15) is 62.9 Å². The molecule has 0 saturated heterocycles. The topological polar surface area (TPSA) is 60.9 Å². The molecule has 1 aliphatic carbocycles. The third-order valence-corrected chi connectivity index (χ3v) is 6.10. The molecule has 0 radical (unpaired) electrons. The van der Waals surface area contributed by atoms with E-state index in [2.05, 4.69) is 15.9 Å². The summed E-state index contributed by atoms with van der Waals surface area (Å²) in [6, 6.07) is 3.74. The second kappa shape index (κ2) is 6.43. The van der Waals surface area contributed by atoms with Crippen LogP contribution >= 0.6 is 28.3 Å². The van der Waals surface area contributed by atoms with Crippen LogP contribution in [0.3, 0.4) is 0 Å². The molecule has 2 aliphatic rings. The number of aromatic nitrogens is 2. The predicted octanol–water partition coefficient (Wildman–Crippen LogP) is 4.21. The molecule has 2 heterocycles. The van der Waals surface area contributed by atoms with Crippen LogP contribution in [0.2, 0.25) is 0 Å². The molecule has 4 rings (SSSR count). The maximum absolute atomic E-state index is 13.0. The molecule has 1 aliphatic heterocycles. The fourth-order valence-electron chi connectivity index (χ4n) is 4.42. The quantitative estimate of drug-likeness (QED) is 0.763. The van der Waals surface area contributed by atoms with Crippen LogP contribution in [0.5, 0.6) is 0 Å². The van der Waals surface area contributed by atoms with E-state index in [-0.39, 0.29) is 29.4 Å². The normalized spacial score (nSPS) is 20.0. The molecule has 0 bridgehead atoms. The van der Waals surface area contributed by atoms with Gasteiger partial charge in [-0.2, -0.15) is 0 Å². The number of hydrogen-bond donors (Lipinski definition) is 1. The summed E-state index contributed by atoms with van der Waals surface area (Å²) in [5.74, 6) is 1.01. The maximum Gasteiger partial charge on any atom is 0.261 e. The number of fused-ring (bicyclic) bond motifs is 3. The number of rotatable bonds is 1. The van der Waals surface area contributed by atoms with Gasteiger partial charge >= 0.3 is 0 Å². The Balaban J connectivity index is 0.00000169. The molecule has 1 saturated carbocycles. The molecule has 1 aromatic heterocycles. The third-order valence-electron chi connectivity index (χ3n) is 5.64. The number of nitrogens with two attached hydrogens (primary N) is 1. The summed E-state index contributed by atoms with van der Waals surface area (Å²) >= 11 is 3.50. The second-order valence-electron chi connectivity index (χ2n) is 7.16. The first-order valence-electron chi connectivity index (χ1n) is 8.52. The van der Waals surface area contributed by atoms with Crippen LogP contribution in [-0.4, -0.2) is 9.55 Å². The van der Waals surface area contributed by atoms with Gasteiger partial charge in [0.05, 0.1) is 10.9 Å². The molecule has 4 nitrogen and oxygen atoms in total. The van der Waals surface area contributed by atoms with Crippen molar-refractivity contribution in [3.63, 3.8) is 0 Å². The Labute approximate surface area is 156 Å². The fraction of sp³-hybridized carbons (Fsp3) is 0.556. The average Bonchev–Trinajstić information content (AvgIpc) is 2.87. The molecular formula is C18H23BrClN3O. The summed E-state index contributed by atoms with van der Waals surface area (Å²) < 4.78 is 2.81. The highest BCUT2D eigenvalue weighted by Crippen LogP contribution is 2.45. The minimum Gasteiger partial charge on any atom is -0.324 e. The number of halogens is 2. The highest BCUT2D eigenvalue weighted by atomic mass is 79.9. The Morgan fingerprint density at radius 2 is 1.96 bits per heavy atom. The molecule has 0 amide bonds. The molecule has 1 fully saturated rings. The Kier molecular flexibility index (Phi) is 4.80. The highest BCUT2D eigenvalue weighted by molar-refractivity contribution is 9.10. The van der Waals surface area contributed by atoms with Gasteiger partial charge in [0.15, 0.2) is 0 Å². The lowest BCUT2D eigenvalue weighted by molar-refractivity contribution is 0.286. The van der Waals surface area contributed by atoms with Crippen molar-refractivity contribution < 1.29 is 0 Å². The van der Waals surface area contributed by atoms with Gasteiger partial charge in [-0.1, -0.05) is 35.2 Å². The molecule has 24 heavy (non-hydrogen) atoms. The van der Waals surface area contributed by atoms with Gasteiger partial charge in [-0.3, -0.25) is 9.36 Å². The number of benzene rings is 1. The standard InChI is InChI=1S/C18H22BrN3O.ClH/c1-11(20)13-9-12(19)10-14-15(13)21-17-18(5-3-2-4-6-18)7-8-22(17)16(14)23;/h9-11H,2-8,20H2,1H3;1H. The molecule has 1 spiro atoms. The third kappa shape index (κ3) is 2.61. The van der Waals surface area contributed by atoms with Gasteiger partial charge in [0, 0.05) is 22.5 Å². The summed E-state index contributed by atoms with van der Waals surface area (Å²) in [4.78, 5) is 18.1. The Hall–Kier alpha value is -0.910. The van der Waals surface area contributed by atoms with Gasteiger partial charge in [0.1, 0.15) is 5.82 Å². The number of nitrogens with zero attached hydrogens (tertiary/aromatic N) is 2. The molecule has 2 N–H and O–H groups in total. The molecule has 1 atom stereocenters. The maximum atomic E-state index is 13.0. The molecular weight excluding hydrogens is 390 g/mol. The van der Waals surface area contributed by atoms with E-state index in [0.717, 1.165) is 47.2 Å². The van der Waals surface area contributed by atoms with E-state index in [1.54, 1.807) is 0 Å². The lowest BCUT2D eigenvalue weighted by Crippen LogP contribution is -2.31. The predicted molar refractivity (Wildman–Crippen MR) is 103 cm³/mol. The monoisotopic (exact) mass is 411 g/mol. The first kappa shape index (κ1) is 17.9. The number of hydrogen-bond acceptors (Lipinski definition) is 3. The van der Waals surface area contributed by atoms with Crippen LogP contribution in [0.4, 0.5) is 0 Å². The van der Waals surface area contributed by atoms with Crippen LogP contribution in [0, 0.1) is 0 Å². The van der Waals surface area contributed by atoms with Crippen molar-refractivity contribution in [2.75, 3.05) is 0 Å². The Morgan fingerprint density at radius 3 is 2.62 bits per heavy atom. The van der Waals surface area contributed by atoms with E-state index >= 15 is 0 Å². The lowest BCUT2D eigenvalue weighted by atomic mass is 9.72. The smallest absolute Gasteiger partial charge is 0.261 e. The van der Waals surface area contributed by atoms with Crippen LogP contribution < -0.4 is 11.3 Å². The first-order valence-corrected chi connectivity index (χ1v) is 9.31. The van der Waals surface area contributed by atoms with Gasteiger partial charge in [-0.25, -0.2) is 4.98 Å². The van der Waals surface area contributed by atoms with Crippen LogP contribution in [0.25, 0.3) is 10.9 Å². The molecule has 130 valence electrons. The fourth-order valence-corrected chi connectivity index (χ4v) is 4.89. The van der Waals surface area contributed by atoms with Gasteiger partial charge in [-0.15, -0.1) is 12.4 Å². The summed E-state index contributed by atoms with van der Waals surface area (Å²) in [6.45, 7) is 2.75. The van der Waals surface area contributed by atoms with Crippen molar-refractivity contribution in [1.29, 1.82) is 0 Å². The zero-order valence-corrected chi connectivity index (χ0v) is 16.3.